The van der Waals surface area contributed by atoms with Crippen molar-refractivity contribution in [2.45, 2.75) is 128 Å². The Kier molecular flexibility index (Phi) is 21.5. The maximum absolute atomic E-state index is 11.1. The molecule has 0 rings (SSSR count). The quantitative estimate of drug-likeness (QED) is 0.218. The summed E-state index contributed by atoms with van der Waals surface area (Å²) < 4.78 is 33.4. The van der Waals surface area contributed by atoms with Crippen molar-refractivity contribution in [3.8, 4) is 0 Å². The van der Waals surface area contributed by atoms with Gasteiger partial charge in [0, 0.05) is 5.25 Å². The molecule has 2 unspecified atom stereocenters. The molecule has 4 nitrogen and oxygen atoms in total. The smallest absolute Gasteiger partial charge is 0.748 e. The maximum atomic E-state index is 11.1. The van der Waals surface area contributed by atoms with E-state index >= 15 is 0 Å². The summed E-state index contributed by atoms with van der Waals surface area (Å²) in [6, 6.07) is 0. The first-order valence-electron chi connectivity index (χ1n) is 10.5. The molecular weight excluding hydrogens is 359 g/mol. The Bertz CT molecular complexity index is 387. The Labute approximate surface area is 185 Å². The third-order valence-electron chi connectivity index (χ3n) is 4.97. The minimum atomic E-state index is -4.12. The monoisotopic (exact) mass is 400 g/mol. The fourth-order valence-electron chi connectivity index (χ4n) is 3.34. The van der Waals surface area contributed by atoms with E-state index in [1.807, 2.05) is 6.92 Å². The SMILES string of the molecule is CCCCCCC(O)CCCCCCCCCC(CCC)S(=O)(=O)[O-].[Na+]. The van der Waals surface area contributed by atoms with Crippen LogP contribution in [0.25, 0.3) is 0 Å². The Morgan fingerprint density at radius 2 is 1.12 bits per heavy atom. The summed E-state index contributed by atoms with van der Waals surface area (Å²) >= 11 is 0. The molecule has 152 valence electrons. The normalized spacial score (nSPS) is 14.0. The molecule has 0 aromatic carbocycles. The molecule has 0 aromatic heterocycles. The number of hydrogen-bond donors (Lipinski definition) is 1. The van der Waals surface area contributed by atoms with Crippen molar-refractivity contribution in [2.75, 3.05) is 0 Å². The van der Waals surface area contributed by atoms with Crippen molar-refractivity contribution in [1.82, 2.24) is 0 Å². The molecule has 2 atom stereocenters. The first kappa shape index (κ1) is 29.1. The fourth-order valence-corrected chi connectivity index (χ4v) is 4.32. The first-order chi connectivity index (χ1) is 11.9. The molecule has 0 aliphatic carbocycles. The summed E-state index contributed by atoms with van der Waals surface area (Å²) in [5, 5.41) is 9.22. The molecule has 0 spiro atoms. The van der Waals surface area contributed by atoms with Gasteiger partial charge in [-0.2, -0.15) is 0 Å². The Balaban J connectivity index is 0. The van der Waals surface area contributed by atoms with Crippen LogP contribution in [0, 0.1) is 0 Å². The number of rotatable bonds is 18. The van der Waals surface area contributed by atoms with Crippen LogP contribution in [0.5, 0.6) is 0 Å². The maximum Gasteiger partial charge on any atom is 1.00 e. The topological polar surface area (TPSA) is 77.4 Å². The van der Waals surface area contributed by atoms with Gasteiger partial charge in [0.15, 0.2) is 0 Å². The summed E-state index contributed by atoms with van der Waals surface area (Å²) in [7, 11) is -4.12. The van der Waals surface area contributed by atoms with Gasteiger partial charge < -0.3 is 9.66 Å². The Morgan fingerprint density at radius 3 is 1.54 bits per heavy atom. The summed E-state index contributed by atoms with van der Waals surface area (Å²) in [5.74, 6) is 0. The Morgan fingerprint density at radius 1 is 0.692 bits per heavy atom. The first-order valence-corrected chi connectivity index (χ1v) is 12.0. The average Bonchev–Trinajstić information content (AvgIpc) is 2.55. The van der Waals surface area contributed by atoms with E-state index in [1.54, 1.807) is 0 Å². The van der Waals surface area contributed by atoms with Crippen molar-refractivity contribution in [3.05, 3.63) is 0 Å². The number of unbranched alkanes of at least 4 members (excludes halogenated alkanes) is 9. The van der Waals surface area contributed by atoms with E-state index in [0.29, 0.717) is 12.8 Å². The van der Waals surface area contributed by atoms with E-state index in [0.717, 1.165) is 57.8 Å². The third-order valence-corrected chi connectivity index (χ3v) is 6.26. The second-order valence-corrected chi connectivity index (χ2v) is 9.11. The fraction of sp³-hybridized carbons (Fsp3) is 1.00. The standard InChI is InChI=1S/C20H42O4S.Na/c1-3-5-6-12-16-19(21)17-13-10-8-7-9-11-14-18-20(15-4-2)25(22,23)24;/h19-21H,3-18H2,1-2H3,(H,22,23,24);/q;+1/p-1. The van der Waals surface area contributed by atoms with Crippen LogP contribution in [-0.2, 0) is 10.1 Å². The summed E-state index contributed by atoms with van der Waals surface area (Å²) in [6.45, 7) is 4.12. The second-order valence-electron chi connectivity index (χ2n) is 7.46. The number of aliphatic hydroxyl groups excluding tert-OH is 1. The summed E-state index contributed by atoms with van der Waals surface area (Å²) in [5.41, 5.74) is 0. The van der Waals surface area contributed by atoms with Crippen molar-refractivity contribution in [1.29, 1.82) is 0 Å². The van der Waals surface area contributed by atoms with Gasteiger partial charge in [0.25, 0.3) is 0 Å². The minimum Gasteiger partial charge on any atom is -0.748 e. The summed E-state index contributed by atoms with van der Waals surface area (Å²) in [6.07, 6.45) is 16.0. The van der Waals surface area contributed by atoms with Gasteiger partial charge in [-0.15, -0.1) is 0 Å². The van der Waals surface area contributed by atoms with Crippen molar-refractivity contribution in [2.24, 2.45) is 0 Å². The van der Waals surface area contributed by atoms with E-state index in [4.69, 9.17) is 0 Å². The van der Waals surface area contributed by atoms with Crippen LogP contribution in [0.15, 0.2) is 0 Å². The molecule has 0 bridgehead atoms. The third kappa shape index (κ3) is 18.2. The van der Waals surface area contributed by atoms with E-state index in [9.17, 15) is 18.1 Å². The van der Waals surface area contributed by atoms with Gasteiger partial charge in [0.2, 0.25) is 0 Å². The van der Waals surface area contributed by atoms with Crippen LogP contribution < -0.4 is 29.6 Å². The molecule has 1 N–H and O–H groups in total. The second kappa shape index (κ2) is 19.2. The average molecular weight is 401 g/mol. The van der Waals surface area contributed by atoms with Crippen LogP contribution in [0.3, 0.4) is 0 Å². The van der Waals surface area contributed by atoms with E-state index in [2.05, 4.69) is 6.92 Å². The summed E-state index contributed by atoms with van der Waals surface area (Å²) in [4.78, 5) is 0. The van der Waals surface area contributed by atoms with Crippen LogP contribution in [-0.4, -0.2) is 29.4 Å². The van der Waals surface area contributed by atoms with Gasteiger partial charge >= 0.3 is 29.6 Å². The molecule has 0 fully saturated rings. The molecule has 26 heavy (non-hydrogen) atoms. The number of hydrogen-bond acceptors (Lipinski definition) is 4. The molecule has 0 amide bonds. The largest absolute Gasteiger partial charge is 1.00 e. The van der Waals surface area contributed by atoms with E-state index in [1.165, 1.54) is 32.1 Å². The molecule has 0 aliphatic rings. The molecule has 0 radical (unpaired) electrons. The van der Waals surface area contributed by atoms with Gasteiger partial charge in [-0.25, -0.2) is 8.42 Å². The van der Waals surface area contributed by atoms with Crippen molar-refractivity contribution < 1.29 is 47.6 Å². The van der Waals surface area contributed by atoms with Crippen LogP contribution in [0.4, 0.5) is 0 Å². The predicted octanol–water partition coefficient (Wildman–Crippen LogP) is 2.55. The van der Waals surface area contributed by atoms with Gasteiger partial charge in [0.05, 0.1) is 16.2 Å². The molecule has 0 aromatic rings. The van der Waals surface area contributed by atoms with E-state index < -0.39 is 15.4 Å². The predicted molar refractivity (Wildman–Crippen MR) is 105 cm³/mol. The minimum absolute atomic E-state index is 0. The van der Waals surface area contributed by atoms with Gasteiger partial charge in [-0.1, -0.05) is 90.9 Å². The molecule has 0 saturated heterocycles. The Hall–Kier alpha value is 0.870. The molecule has 6 heteroatoms. The zero-order valence-corrected chi connectivity index (χ0v) is 20.4. The number of aliphatic hydroxyl groups is 1. The molecule has 0 saturated carbocycles. The van der Waals surface area contributed by atoms with Crippen molar-refractivity contribution in [3.63, 3.8) is 0 Å². The van der Waals surface area contributed by atoms with Crippen LogP contribution >= 0.6 is 0 Å². The van der Waals surface area contributed by atoms with Crippen LogP contribution in [0.1, 0.15) is 117 Å². The zero-order valence-electron chi connectivity index (χ0n) is 17.5. The van der Waals surface area contributed by atoms with Crippen LogP contribution in [0.2, 0.25) is 0 Å². The zero-order chi connectivity index (χ0) is 19.0. The van der Waals surface area contributed by atoms with E-state index in [-0.39, 0.29) is 35.7 Å². The van der Waals surface area contributed by atoms with Gasteiger partial charge in [0.1, 0.15) is 0 Å². The molecular formula is C20H41NaO4S. The molecule has 0 aliphatic heterocycles. The molecule has 0 heterocycles. The van der Waals surface area contributed by atoms with Gasteiger partial charge in [-0.3, -0.25) is 0 Å². The van der Waals surface area contributed by atoms with Gasteiger partial charge in [-0.05, 0) is 25.7 Å². The van der Waals surface area contributed by atoms with Crippen molar-refractivity contribution >= 4 is 10.1 Å².